The van der Waals surface area contributed by atoms with E-state index in [9.17, 15) is 0 Å². The highest BCUT2D eigenvalue weighted by molar-refractivity contribution is 5.81. The number of nitrogens with zero attached hydrogens (tertiary/aromatic N) is 2. The molecule has 0 radical (unpaired) electrons. The van der Waals surface area contributed by atoms with Crippen molar-refractivity contribution in [2.45, 2.75) is 13.5 Å². The van der Waals surface area contributed by atoms with Crippen LogP contribution in [0.5, 0.6) is 0 Å². The lowest BCUT2D eigenvalue weighted by Gasteiger charge is -2.08. The van der Waals surface area contributed by atoms with Gasteiger partial charge in [-0.05, 0) is 30.7 Å². The number of aliphatic imine (C=N–C) groups is 1. The standard InChI is InChI=1S/C13H12N2/c1-10-4-2-6-13-12(10)9-15-7-3-5-11(15)8-14-13/h2-8H,9H2,1H3. The second-order valence-electron chi connectivity index (χ2n) is 3.89. The summed E-state index contributed by atoms with van der Waals surface area (Å²) in [6.07, 6.45) is 4.04. The Hall–Kier alpha value is -1.83. The first-order valence-corrected chi connectivity index (χ1v) is 5.12. The lowest BCUT2D eigenvalue weighted by molar-refractivity contribution is 0.801. The molecule has 1 aliphatic rings. The molecule has 74 valence electrons. The highest BCUT2D eigenvalue weighted by atomic mass is 15.0. The van der Waals surface area contributed by atoms with Gasteiger partial charge >= 0.3 is 0 Å². The van der Waals surface area contributed by atoms with Gasteiger partial charge in [0.25, 0.3) is 0 Å². The summed E-state index contributed by atoms with van der Waals surface area (Å²) in [4.78, 5) is 4.52. The van der Waals surface area contributed by atoms with Crippen LogP contribution in [0.2, 0.25) is 0 Å². The number of aromatic nitrogens is 1. The van der Waals surface area contributed by atoms with Crippen LogP contribution in [-0.2, 0) is 6.54 Å². The normalized spacial score (nSPS) is 13.1. The first-order valence-electron chi connectivity index (χ1n) is 5.12. The van der Waals surface area contributed by atoms with Crippen LogP contribution in [0.4, 0.5) is 5.69 Å². The van der Waals surface area contributed by atoms with Gasteiger partial charge in [0.05, 0.1) is 17.6 Å². The van der Waals surface area contributed by atoms with Crippen LogP contribution < -0.4 is 0 Å². The fourth-order valence-electron chi connectivity index (χ4n) is 2.01. The molecule has 0 N–H and O–H groups in total. The van der Waals surface area contributed by atoms with Gasteiger partial charge in [-0.25, -0.2) is 0 Å². The SMILES string of the molecule is Cc1cccc2c1Cn1cccc1C=N2. The molecule has 2 nitrogen and oxygen atoms in total. The molecular formula is C13H12N2. The van der Waals surface area contributed by atoms with Crippen molar-refractivity contribution >= 4 is 11.9 Å². The minimum Gasteiger partial charge on any atom is -0.342 e. The predicted molar refractivity (Wildman–Crippen MR) is 62.0 cm³/mol. The molecule has 2 heterocycles. The molecular weight excluding hydrogens is 184 g/mol. The molecule has 0 bridgehead atoms. The van der Waals surface area contributed by atoms with Crippen LogP contribution in [0.25, 0.3) is 0 Å². The van der Waals surface area contributed by atoms with E-state index in [1.807, 2.05) is 6.21 Å². The summed E-state index contributed by atoms with van der Waals surface area (Å²) in [5.41, 5.74) is 4.90. The molecule has 0 saturated heterocycles. The summed E-state index contributed by atoms with van der Waals surface area (Å²) in [6.45, 7) is 3.06. The molecule has 0 aliphatic carbocycles. The van der Waals surface area contributed by atoms with Crippen LogP contribution >= 0.6 is 0 Å². The summed E-state index contributed by atoms with van der Waals surface area (Å²) in [7, 11) is 0. The molecule has 0 unspecified atom stereocenters. The van der Waals surface area contributed by atoms with Gasteiger partial charge in [-0.3, -0.25) is 4.99 Å². The van der Waals surface area contributed by atoms with E-state index in [-0.39, 0.29) is 0 Å². The van der Waals surface area contributed by atoms with E-state index in [0.29, 0.717) is 0 Å². The summed E-state index contributed by atoms with van der Waals surface area (Å²) < 4.78 is 2.22. The summed E-state index contributed by atoms with van der Waals surface area (Å²) in [5, 5.41) is 0. The van der Waals surface area contributed by atoms with Crippen molar-refractivity contribution in [1.29, 1.82) is 0 Å². The monoisotopic (exact) mass is 196 g/mol. The quantitative estimate of drug-likeness (QED) is 0.526. The van der Waals surface area contributed by atoms with E-state index in [0.717, 1.165) is 12.2 Å². The van der Waals surface area contributed by atoms with Gasteiger partial charge in [-0.15, -0.1) is 0 Å². The molecule has 3 rings (SSSR count). The topological polar surface area (TPSA) is 17.3 Å². The van der Waals surface area contributed by atoms with Crippen molar-refractivity contribution < 1.29 is 0 Å². The van der Waals surface area contributed by atoms with Crippen molar-refractivity contribution in [3.8, 4) is 0 Å². The molecule has 0 atom stereocenters. The maximum Gasteiger partial charge on any atom is 0.0683 e. The number of fused-ring (bicyclic) bond motifs is 2. The van der Waals surface area contributed by atoms with Gasteiger partial charge in [0.1, 0.15) is 0 Å². The van der Waals surface area contributed by atoms with Crippen LogP contribution in [0, 0.1) is 6.92 Å². The van der Waals surface area contributed by atoms with E-state index < -0.39 is 0 Å². The van der Waals surface area contributed by atoms with Crippen molar-refractivity contribution in [3.63, 3.8) is 0 Å². The fourth-order valence-corrected chi connectivity index (χ4v) is 2.01. The molecule has 0 saturated carbocycles. The molecule has 2 aromatic rings. The van der Waals surface area contributed by atoms with Crippen molar-refractivity contribution in [1.82, 2.24) is 4.57 Å². The third-order valence-corrected chi connectivity index (χ3v) is 2.91. The Kier molecular flexibility index (Phi) is 1.75. The van der Waals surface area contributed by atoms with Gasteiger partial charge in [0.15, 0.2) is 0 Å². The van der Waals surface area contributed by atoms with Gasteiger partial charge in [0, 0.05) is 18.3 Å². The first kappa shape index (κ1) is 8.48. The van der Waals surface area contributed by atoms with Gasteiger partial charge in [0.2, 0.25) is 0 Å². The molecule has 1 aromatic heterocycles. The molecule has 15 heavy (non-hydrogen) atoms. The Morgan fingerprint density at radius 3 is 3.07 bits per heavy atom. The molecule has 1 aliphatic heterocycles. The summed E-state index contributed by atoms with van der Waals surface area (Å²) in [5.74, 6) is 0. The fraction of sp³-hybridized carbons (Fsp3) is 0.154. The number of benzene rings is 1. The number of rotatable bonds is 0. The number of hydrogen-bond acceptors (Lipinski definition) is 1. The van der Waals surface area contributed by atoms with Crippen LogP contribution in [0.3, 0.4) is 0 Å². The predicted octanol–water partition coefficient (Wildman–Crippen LogP) is 2.91. The zero-order chi connectivity index (χ0) is 10.3. The zero-order valence-corrected chi connectivity index (χ0v) is 8.64. The molecule has 1 aromatic carbocycles. The average molecular weight is 196 g/mol. The molecule has 2 heteroatoms. The Morgan fingerprint density at radius 2 is 2.13 bits per heavy atom. The average Bonchev–Trinajstić information content (AvgIpc) is 2.60. The highest BCUT2D eigenvalue weighted by Crippen LogP contribution is 2.26. The lowest BCUT2D eigenvalue weighted by atomic mass is 10.1. The molecule has 0 fully saturated rings. The first-order chi connectivity index (χ1) is 7.34. The number of hydrogen-bond donors (Lipinski definition) is 0. The van der Waals surface area contributed by atoms with E-state index in [2.05, 4.69) is 53.0 Å². The number of aryl methyl sites for hydroxylation is 1. The second kappa shape index (κ2) is 3.09. The summed E-state index contributed by atoms with van der Waals surface area (Å²) >= 11 is 0. The van der Waals surface area contributed by atoms with Crippen LogP contribution in [0.15, 0.2) is 41.5 Å². The third-order valence-electron chi connectivity index (χ3n) is 2.91. The highest BCUT2D eigenvalue weighted by Gasteiger charge is 2.10. The van der Waals surface area contributed by atoms with Crippen LogP contribution in [0.1, 0.15) is 16.8 Å². The van der Waals surface area contributed by atoms with Crippen molar-refractivity contribution in [2.75, 3.05) is 0 Å². The van der Waals surface area contributed by atoms with Gasteiger partial charge in [-0.1, -0.05) is 12.1 Å². The minimum atomic E-state index is 0.921. The smallest absolute Gasteiger partial charge is 0.0683 e. The van der Waals surface area contributed by atoms with E-state index in [1.54, 1.807) is 0 Å². The largest absolute Gasteiger partial charge is 0.342 e. The maximum absolute atomic E-state index is 4.52. The summed E-state index contributed by atoms with van der Waals surface area (Å²) in [6, 6.07) is 10.4. The third kappa shape index (κ3) is 1.30. The Labute approximate surface area is 88.9 Å². The van der Waals surface area contributed by atoms with E-state index >= 15 is 0 Å². The Balaban J connectivity index is 2.22. The van der Waals surface area contributed by atoms with Gasteiger partial charge in [-0.2, -0.15) is 0 Å². The maximum atomic E-state index is 4.52. The van der Waals surface area contributed by atoms with Crippen molar-refractivity contribution in [3.05, 3.63) is 53.3 Å². The van der Waals surface area contributed by atoms with E-state index in [1.165, 1.54) is 16.8 Å². The molecule has 0 spiro atoms. The lowest BCUT2D eigenvalue weighted by Crippen LogP contribution is -2.01. The van der Waals surface area contributed by atoms with Crippen molar-refractivity contribution in [2.24, 2.45) is 4.99 Å². The zero-order valence-electron chi connectivity index (χ0n) is 8.64. The molecule has 0 amide bonds. The Bertz CT molecular complexity index is 535. The van der Waals surface area contributed by atoms with Crippen LogP contribution in [-0.4, -0.2) is 10.8 Å². The van der Waals surface area contributed by atoms with E-state index in [4.69, 9.17) is 0 Å². The second-order valence-corrected chi connectivity index (χ2v) is 3.89. The minimum absolute atomic E-state index is 0.921. The Morgan fingerprint density at radius 1 is 1.20 bits per heavy atom. The van der Waals surface area contributed by atoms with Gasteiger partial charge < -0.3 is 4.57 Å².